The van der Waals surface area contributed by atoms with Gasteiger partial charge in [0.15, 0.2) is 9.84 Å². The Hall–Kier alpha value is -2.16. The number of aromatic amines is 1. The number of benzene rings is 1. The van der Waals surface area contributed by atoms with Crippen LogP contribution in [0.5, 0.6) is 0 Å². The van der Waals surface area contributed by atoms with Crippen LogP contribution < -0.4 is 5.32 Å². The number of H-pyrrole nitrogens is 1. The van der Waals surface area contributed by atoms with Gasteiger partial charge in [0.25, 0.3) is 5.69 Å². The fraction of sp³-hybridized carbons (Fsp3) is 0.364. The normalized spacial score (nSPS) is 21.1. The third-order valence-corrected chi connectivity index (χ3v) is 5.02. The van der Waals surface area contributed by atoms with E-state index in [1.165, 1.54) is 12.1 Å². The van der Waals surface area contributed by atoms with Crippen molar-refractivity contribution in [2.75, 3.05) is 16.8 Å². The molecule has 0 spiro atoms. The molecule has 3 rings (SSSR count). The highest BCUT2D eigenvalue weighted by molar-refractivity contribution is 7.91. The number of imidazole rings is 1. The minimum absolute atomic E-state index is 0.0175. The number of anilines is 1. The molecule has 1 aromatic carbocycles. The van der Waals surface area contributed by atoms with Gasteiger partial charge >= 0.3 is 0 Å². The van der Waals surface area contributed by atoms with Crippen molar-refractivity contribution >= 4 is 32.5 Å². The second-order valence-corrected chi connectivity index (χ2v) is 7.02. The standard InChI is InChI=1S/C11H12N4O4S/c16-15(17)8-1-2-9-10(5-8)14-11(13-9)12-7-3-4-20(18,19)6-7/h1-2,5,7H,3-4,6H2,(H2,12,13,14). The molecule has 2 heterocycles. The highest BCUT2D eigenvalue weighted by atomic mass is 32.2. The zero-order valence-corrected chi connectivity index (χ0v) is 11.2. The Bertz CT molecular complexity index is 783. The average Bonchev–Trinajstić information content (AvgIpc) is 2.91. The van der Waals surface area contributed by atoms with Gasteiger partial charge in [-0.15, -0.1) is 0 Å². The molecule has 1 unspecified atom stereocenters. The van der Waals surface area contributed by atoms with Gasteiger partial charge < -0.3 is 10.3 Å². The highest BCUT2D eigenvalue weighted by Gasteiger charge is 2.28. The molecular weight excluding hydrogens is 284 g/mol. The van der Waals surface area contributed by atoms with Crippen LogP contribution in [0.4, 0.5) is 11.6 Å². The highest BCUT2D eigenvalue weighted by Crippen LogP contribution is 2.22. The molecule has 106 valence electrons. The molecule has 9 heteroatoms. The van der Waals surface area contributed by atoms with Gasteiger partial charge in [-0.2, -0.15) is 0 Å². The largest absolute Gasteiger partial charge is 0.352 e. The van der Waals surface area contributed by atoms with E-state index in [-0.39, 0.29) is 23.2 Å². The van der Waals surface area contributed by atoms with Gasteiger partial charge in [0, 0.05) is 18.2 Å². The van der Waals surface area contributed by atoms with Gasteiger partial charge in [0.05, 0.1) is 27.5 Å². The molecule has 1 aliphatic rings. The van der Waals surface area contributed by atoms with Crippen LogP contribution in [-0.2, 0) is 9.84 Å². The number of nitro groups is 1. The second-order valence-electron chi connectivity index (χ2n) is 4.79. The van der Waals surface area contributed by atoms with Gasteiger partial charge in [-0.3, -0.25) is 10.1 Å². The van der Waals surface area contributed by atoms with E-state index >= 15 is 0 Å². The lowest BCUT2D eigenvalue weighted by Crippen LogP contribution is -2.21. The summed E-state index contributed by atoms with van der Waals surface area (Å²) in [6.45, 7) is 0. The number of hydrogen-bond acceptors (Lipinski definition) is 6. The summed E-state index contributed by atoms with van der Waals surface area (Å²) in [7, 11) is -2.96. The number of aromatic nitrogens is 2. The summed E-state index contributed by atoms with van der Waals surface area (Å²) < 4.78 is 22.8. The Balaban J connectivity index is 1.84. The zero-order valence-electron chi connectivity index (χ0n) is 10.4. The van der Waals surface area contributed by atoms with Gasteiger partial charge in [0.2, 0.25) is 5.95 Å². The average molecular weight is 296 g/mol. The van der Waals surface area contributed by atoms with Crippen molar-refractivity contribution in [2.24, 2.45) is 0 Å². The first-order chi connectivity index (χ1) is 9.43. The van der Waals surface area contributed by atoms with Crippen molar-refractivity contribution in [3.8, 4) is 0 Å². The van der Waals surface area contributed by atoms with Crippen LogP contribution in [0.3, 0.4) is 0 Å². The Morgan fingerprint density at radius 3 is 2.90 bits per heavy atom. The third-order valence-electron chi connectivity index (χ3n) is 3.25. The van der Waals surface area contributed by atoms with Gasteiger partial charge in [0.1, 0.15) is 0 Å². The second kappa shape index (κ2) is 4.44. The summed E-state index contributed by atoms with van der Waals surface area (Å²) in [6.07, 6.45) is 0.541. The van der Waals surface area contributed by atoms with Crippen molar-refractivity contribution in [2.45, 2.75) is 12.5 Å². The fourth-order valence-corrected chi connectivity index (χ4v) is 3.96. The number of non-ortho nitro benzene ring substituents is 1. The Morgan fingerprint density at radius 2 is 2.25 bits per heavy atom. The predicted molar refractivity (Wildman–Crippen MR) is 73.4 cm³/mol. The Kier molecular flexibility index (Phi) is 2.85. The smallest absolute Gasteiger partial charge is 0.271 e. The number of nitrogens with zero attached hydrogens (tertiary/aromatic N) is 2. The van der Waals surface area contributed by atoms with Crippen molar-refractivity contribution in [3.05, 3.63) is 28.3 Å². The summed E-state index contributed by atoms with van der Waals surface area (Å²) in [6, 6.07) is 4.17. The number of nitro benzene ring substituents is 1. The molecule has 2 aromatic rings. The van der Waals surface area contributed by atoms with Gasteiger partial charge in [-0.1, -0.05) is 0 Å². The van der Waals surface area contributed by atoms with Gasteiger partial charge in [-0.25, -0.2) is 13.4 Å². The van der Waals surface area contributed by atoms with Crippen LogP contribution in [0.2, 0.25) is 0 Å². The van der Waals surface area contributed by atoms with E-state index in [0.29, 0.717) is 23.4 Å². The maximum absolute atomic E-state index is 11.4. The molecule has 0 saturated carbocycles. The van der Waals surface area contributed by atoms with Gasteiger partial charge in [-0.05, 0) is 12.5 Å². The third kappa shape index (κ3) is 2.44. The molecule has 8 nitrogen and oxygen atoms in total. The van der Waals surface area contributed by atoms with Crippen LogP contribution in [0.25, 0.3) is 11.0 Å². The molecule has 1 saturated heterocycles. The van der Waals surface area contributed by atoms with Crippen molar-refractivity contribution in [3.63, 3.8) is 0 Å². The Labute approximate surface area is 114 Å². The fourth-order valence-electron chi connectivity index (χ4n) is 2.28. The van der Waals surface area contributed by atoms with Crippen molar-refractivity contribution < 1.29 is 13.3 Å². The van der Waals surface area contributed by atoms with E-state index in [4.69, 9.17) is 0 Å². The SMILES string of the molecule is O=[N+]([O-])c1ccc2nc(NC3CCS(=O)(=O)C3)[nH]c2c1. The van der Waals surface area contributed by atoms with Crippen LogP contribution in [0.15, 0.2) is 18.2 Å². The summed E-state index contributed by atoms with van der Waals surface area (Å²) in [5, 5.41) is 13.7. The quantitative estimate of drug-likeness (QED) is 0.646. The molecule has 1 aromatic heterocycles. The minimum atomic E-state index is -2.96. The van der Waals surface area contributed by atoms with E-state index in [1.54, 1.807) is 6.07 Å². The lowest BCUT2D eigenvalue weighted by Gasteiger charge is -2.08. The van der Waals surface area contributed by atoms with Crippen LogP contribution in [0.1, 0.15) is 6.42 Å². The monoisotopic (exact) mass is 296 g/mol. The number of rotatable bonds is 3. The molecule has 0 amide bonds. The predicted octanol–water partition coefficient (Wildman–Crippen LogP) is 1.07. The lowest BCUT2D eigenvalue weighted by atomic mass is 10.3. The molecule has 0 bridgehead atoms. The summed E-state index contributed by atoms with van der Waals surface area (Å²) in [4.78, 5) is 17.4. The molecular formula is C11H12N4O4S. The molecule has 1 aliphatic heterocycles. The molecule has 0 aliphatic carbocycles. The van der Waals surface area contributed by atoms with E-state index in [2.05, 4.69) is 15.3 Å². The Morgan fingerprint density at radius 1 is 1.45 bits per heavy atom. The molecule has 1 fully saturated rings. The number of fused-ring (bicyclic) bond motifs is 1. The summed E-state index contributed by atoms with van der Waals surface area (Å²) in [5.41, 5.74) is 1.12. The molecule has 1 atom stereocenters. The van der Waals surface area contributed by atoms with E-state index in [1.807, 2.05) is 0 Å². The van der Waals surface area contributed by atoms with E-state index in [0.717, 1.165) is 0 Å². The maximum atomic E-state index is 11.4. The van der Waals surface area contributed by atoms with Crippen molar-refractivity contribution in [1.82, 2.24) is 9.97 Å². The number of nitrogens with one attached hydrogen (secondary N) is 2. The van der Waals surface area contributed by atoms with E-state index < -0.39 is 14.8 Å². The first-order valence-electron chi connectivity index (χ1n) is 6.04. The summed E-state index contributed by atoms with van der Waals surface area (Å²) in [5.74, 6) is 0.697. The zero-order chi connectivity index (χ0) is 14.3. The summed E-state index contributed by atoms with van der Waals surface area (Å²) >= 11 is 0. The minimum Gasteiger partial charge on any atom is -0.352 e. The molecule has 2 N–H and O–H groups in total. The number of hydrogen-bond donors (Lipinski definition) is 2. The van der Waals surface area contributed by atoms with Crippen LogP contribution in [-0.4, -0.2) is 40.9 Å². The topological polar surface area (TPSA) is 118 Å². The first kappa shape index (κ1) is 12.9. The van der Waals surface area contributed by atoms with E-state index in [9.17, 15) is 18.5 Å². The van der Waals surface area contributed by atoms with Crippen LogP contribution >= 0.6 is 0 Å². The maximum Gasteiger partial charge on any atom is 0.271 e. The first-order valence-corrected chi connectivity index (χ1v) is 7.86. The molecule has 20 heavy (non-hydrogen) atoms. The number of sulfone groups is 1. The lowest BCUT2D eigenvalue weighted by molar-refractivity contribution is -0.384. The van der Waals surface area contributed by atoms with Crippen molar-refractivity contribution in [1.29, 1.82) is 0 Å². The van der Waals surface area contributed by atoms with Crippen LogP contribution in [0, 0.1) is 10.1 Å². The molecule has 0 radical (unpaired) electrons.